The second-order valence-electron chi connectivity index (χ2n) is 6.43. The standard InChI is InChI=1S/C22H17ClFN3O4/c1-30-21(28)18-17(12-6-4-3-5-7-12)14(11-25)20(26)27(19(18)22(29)31-2)13-8-9-15(23)16(24)10-13/h3-10,17H,26H2,1-2H3. The van der Waals surface area contributed by atoms with Crippen LogP contribution >= 0.6 is 11.6 Å². The van der Waals surface area contributed by atoms with Crippen molar-refractivity contribution in [3.63, 3.8) is 0 Å². The van der Waals surface area contributed by atoms with Gasteiger partial charge in [-0.3, -0.25) is 4.90 Å². The number of carbonyl (C=O) groups is 2. The van der Waals surface area contributed by atoms with E-state index in [1.807, 2.05) is 6.07 Å². The third-order valence-corrected chi connectivity index (χ3v) is 5.08. The quantitative estimate of drug-likeness (QED) is 0.725. The second-order valence-corrected chi connectivity index (χ2v) is 6.84. The first kappa shape index (κ1) is 21.9. The first-order chi connectivity index (χ1) is 14.8. The first-order valence-corrected chi connectivity index (χ1v) is 9.34. The summed E-state index contributed by atoms with van der Waals surface area (Å²) in [7, 11) is 2.27. The van der Waals surface area contributed by atoms with Crippen molar-refractivity contribution in [1.29, 1.82) is 5.26 Å². The van der Waals surface area contributed by atoms with Gasteiger partial charge in [0.1, 0.15) is 17.3 Å². The molecule has 31 heavy (non-hydrogen) atoms. The van der Waals surface area contributed by atoms with Crippen LogP contribution in [0.3, 0.4) is 0 Å². The van der Waals surface area contributed by atoms with E-state index in [1.54, 1.807) is 30.3 Å². The normalized spacial score (nSPS) is 16.1. The minimum Gasteiger partial charge on any atom is -0.466 e. The van der Waals surface area contributed by atoms with Gasteiger partial charge in [0.25, 0.3) is 0 Å². The van der Waals surface area contributed by atoms with E-state index in [2.05, 4.69) is 0 Å². The SMILES string of the molecule is COC(=O)C1=C(C(=O)OC)N(c2ccc(Cl)c(F)c2)C(N)=C(C#N)C1c1ccccc1. The second kappa shape index (κ2) is 8.90. The molecular formula is C22H17ClFN3O4. The average Bonchev–Trinajstić information content (AvgIpc) is 2.79. The molecule has 1 aliphatic rings. The Morgan fingerprint density at radius 1 is 1.13 bits per heavy atom. The zero-order valence-electron chi connectivity index (χ0n) is 16.6. The molecule has 0 bridgehead atoms. The number of benzene rings is 2. The maximum Gasteiger partial charge on any atom is 0.355 e. The van der Waals surface area contributed by atoms with Gasteiger partial charge in [0, 0.05) is 0 Å². The van der Waals surface area contributed by atoms with Crippen LogP contribution in [0.1, 0.15) is 11.5 Å². The number of nitrogens with two attached hydrogens (primary N) is 1. The van der Waals surface area contributed by atoms with Crippen LogP contribution in [-0.2, 0) is 19.1 Å². The predicted molar refractivity (Wildman–Crippen MR) is 111 cm³/mol. The number of halogens is 2. The lowest BCUT2D eigenvalue weighted by Crippen LogP contribution is -2.40. The lowest BCUT2D eigenvalue weighted by molar-refractivity contribution is -0.139. The third-order valence-electron chi connectivity index (χ3n) is 4.77. The van der Waals surface area contributed by atoms with Crippen molar-refractivity contribution >= 4 is 29.2 Å². The summed E-state index contributed by atoms with van der Waals surface area (Å²) in [5, 5.41) is 9.76. The maximum absolute atomic E-state index is 14.2. The fraction of sp³-hybridized carbons (Fsp3) is 0.136. The van der Waals surface area contributed by atoms with Gasteiger partial charge in [0.2, 0.25) is 0 Å². The highest BCUT2D eigenvalue weighted by molar-refractivity contribution is 6.30. The van der Waals surface area contributed by atoms with E-state index >= 15 is 0 Å². The minimum absolute atomic E-state index is 0.0189. The largest absolute Gasteiger partial charge is 0.466 e. The van der Waals surface area contributed by atoms with Crippen molar-refractivity contribution in [1.82, 2.24) is 0 Å². The van der Waals surface area contributed by atoms with Crippen LogP contribution in [0.5, 0.6) is 0 Å². The molecule has 9 heteroatoms. The van der Waals surface area contributed by atoms with Crippen molar-refractivity contribution in [2.75, 3.05) is 19.1 Å². The Balaban J connectivity index is 2.41. The fourth-order valence-electron chi connectivity index (χ4n) is 3.41. The molecular weight excluding hydrogens is 425 g/mol. The van der Waals surface area contributed by atoms with E-state index < -0.39 is 23.7 Å². The van der Waals surface area contributed by atoms with Gasteiger partial charge in [-0.25, -0.2) is 14.0 Å². The molecule has 0 amide bonds. The lowest BCUT2D eigenvalue weighted by Gasteiger charge is -2.35. The number of nitriles is 1. The minimum atomic E-state index is -0.999. The Morgan fingerprint density at radius 3 is 2.32 bits per heavy atom. The number of hydrogen-bond donors (Lipinski definition) is 1. The van der Waals surface area contributed by atoms with Gasteiger partial charge in [-0.2, -0.15) is 5.26 Å². The number of nitrogens with zero attached hydrogens (tertiary/aromatic N) is 2. The third kappa shape index (κ3) is 3.83. The summed E-state index contributed by atoms with van der Waals surface area (Å²) in [6.45, 7) is 0. The van der Waals surface area contributed by atoms with Gasteiger partial charge in [-0.05, 0) is 23.8 Å². The van der Waals surface area contributed by atoms with Gasteiger partial charge in [0.05, 0.1) is 48.1 Å². The Morgan fingerprint density at radius 2 is 1.77 bits per heavy atom. The molecule has 0 saturated heterocycles. The number of esters is 2. The van der Waals surface area contributed by atoms with Gasteiger partial charge in [0.15, 0.2) is 0 Å². The zero-order chi connectivity index (χ0) is 22.7. The summed E-state index contributed by atoms with van der Waals surface area (Å²) >= 11 is 5.78. The van der Waals surface area contributed by atoms with Crippen LogP contribution in [0.2, 0.25) is 5.02 Å². The van der Waals surface area contributed by atoms with Crippen LogP contribution in [0.4, 0.5) is 10.1 Å². The number of carbonyl (C=O) groups excluding carboxylic acids is 2. The van der Waals surface area contributed by atoms with E-state index in [0.29, 0.717) is 5.56 Å². The van der Waals surface area contributed by atoms with Crippen molar-refractivity contribution in [3.05, 3.63) is 87.6 Å². The molecule has 0 spiro atoms. The molecule has 3 rings (SSSR count). The summed E-state index contributed by atoms with van der Waals surface area (Å²) in [4.78, 5) is 26.8. The van der Waals surface area contributed by atoms with Crippen LogP contribution in [0.25, 0.3) is 0 Å². The predicted octanol–water partition coefficient (Wildman–Crippen LogP) is 3.38. The van der Waals surface area contributed by atoms with Gasteiger partial charge < -0.3 is 15.2 Å². The summed E-state index contributed by atoms with van der Waals surface area (Å²) in [6.07, 6.45) is 0. The Hall–Kier alpha value is -3.83. The van der Waals surface area contributed by atoms with E-state index in [4.69, 9.17) is 26.8 Å². The van der Waals surface area contributed by atoms with E-state index in [0.717, 1.165) is 25.2 Å². The van der Waals surface area contributed by atoms with Crippen LogP contribution in [0, 0.1) is 17.1 Å². The topological polar surface area (TPSA) is 106 Å². The van der Waals surface area contributed by atoms with E-state index in [1.165, 1.54) is 12.1 Å². The molecule has 1 atom stereocenters. The van der Waals surface area contributed by atoms with Crippen molar-refractivity contribution in [3.8, 4) is 6.07 Å². The van der Waals surface area contributed by atoms with Crippen LogP contribution in [-0.4, -0.2) is 26.2 Å². The fourth-order valence-corrected chi connectivity index (χ4v) is 3.52. The summed E-state index contributed by atoms with van der Waals surface area (Å²) in [5.74, 6) is -3.72. The molecule has 2 N–H and O–H groups in total. The molecule has 0 saturated carbocycles. The first-order valence-electron chi connectivity index (χ1n) is 8.96. The van der Waals surface area contributed by atoms with Gasteiger partial charge in [-0.1, -0.05) is 41.9 Å². The van der Waals surface area contributed by atoms with E-state index in [-0.39, 0.29) is 33.4 Å². The highest BCUT2D eigenvalue weighted by atomic mass is 35.5. The maximum atomic E-state index is 14.2. The molecule has 2 aromatic carbocycles. The number of anilines is 1. The smallest absolute Gasteiger partial charge is 0.355 e. The molecule has 2 aromatic rings. The molecule has 1 unspecified atom stereocenters. The molecule has 1 heterocycles. The number of hydrogen-bond acceptors (Lipinski definition) is 7. The molecule has 0 radical (unpaired) electrons. The number of allylic oxidation sites excluding steroid dienone is 1. The Labute approximate surface area is 182 Å². The average molecular weight is 442 g/mol. The molecule has 0 fully saturated rings. The summed E-state index contributed by atoms with van der Waals surface area (Å²) < 4.78 is 24.0. The molecule has 1 aliphatic heterocycles. The Kier molecular flexibility index (Phi) is 6.28. The number of ether oxygens (including phenoxy) is 2. The van der Waals surface area contributed by atoms with Crippen LogP contribution < -0.4 is 10.6 Å². The summed E-state index contributed by atoms with van der Waals surface area (Å²) in [6, 6.07) is 14.3. The molecule has 0 aromatic heterocycles. The molecule has 0 aliphatic carbocycles. The molecule has 7 nitrogen and oxygen atoms in total. The Bertz CT molecular complexity index is 1160. The lowest BCUT2D eigenvalue weighted by atomic mass is 9.81. The van der Waals surface area contributed by atoms with Crippen molar-refractivity contribution < 1.29 is 23.5 Å². The monoisotopic (exact) mass is 441 g/mol. The highest BCUT2D eigenvalue weighted by Gasteiger charge is 2.43. The highest BCUT2D eigenvalue weighted by Crippen LogP contribution is 2.43. The van der Waals surface area contributed by atoms with E-state index in [9.17, 15) is 19.2 Å². The van der Waals surface area contributed by atoms with Gasteiger partial charge in [-0.15, -0.1) is 0 Å². The van der Waals surface area contributed by atoms with Crippen molar-refractivity contribution in [2.24, 2.45) is 5.73 Å². The van der Waals surface area contributed by atoms with Crippen LogP contribution in [0.15, 0.2) is 71.2 Å². The number of rotatable bonds is 4. The van der Waals surface area contributed by atoms with Crippen molar-refractivity contribution in [2.45, 2.75) is 5.92 Å². The molecule has 158 valence electrons. The van der Waals surface area contributed by atoms with Gasteiger partial charge >= 0.3 is 11.9 Å². The zero-order valence-corrected chi connectivity index (χ0v) is 17.3. The number of methoxy groups -OCH3 is 2. The summed E-state index contributed by atoms with van der Waals surface area (Å²) in [5.41, 5.74) is 6.43.